The molecule has 1 fully saturated rings. The molecule has 2 aromatic carbocycles. The molecule has 0 aromatic heterocycles. The van der Waals surface area contributed by atoms with Gasteiger partial charge in [0.05, 0.1) is 16.2 Å². The van der Waals surface area contributed by atoms with E-state index in [9.17, 15) is 29.3 Å². The number of rotatable bonds is 6. The van der Waals surface area contributed by atoms with Gasteiger partial charge >= 0.3 is 5.97 Å². The van der Waals surface area contributed by atoms with Crippen LogP contribution in [0.2, 0.25) is 0 Å². The number of carbonyl (C=O) groups excluding carboxylic acids is 4. The maximum atomic E-state index is 12.3. The Kier molecular flexibility index (Phi) is 5.86. The van der Waals surface area contributed by atoms with E-state index in [1.165, 1.54) is 55.5 Å². The zero-order valence-electron chi connectivity index (χ0n) is 15.9. The van der Waals surface area contributed by atoms with Gasteiger partial charge in [0.1, 0.15) is 5.69 Å². The number of benzene rings is 2. The molecule has 0 unspecified atom stereocenters. The molecule has 1 aliphatic rings. The molecule has 154 valence electrons. The van der Waals surface area contributed by atoms with Crippen LogP contribution in [0, 0.1) is 10.1 Å². The van der Waals surface area contributed by atoms with Gasteiger partial charge in [0.2, 0.25) is 11.8 Å². The average molecular weight is 411 g/mol. The molecule has 10 nitrogen and oxygen atoms in total. The third kappa shape index (κ3) is 4.32. The smallest absolute Gasteiger partial charge is 0.338 e. The largest absolute Gasteiger partial charge is 0.449 e. The molecule has 1 heterocycles. The number of nitro groups is 1. The SMILES string of the molecule is C[C@H](OC(=O)c1ccc(N2C(=O)CCC2=O)cc1)C(=O)Nc1ccccc1[N+](=O)[O-]. The molecule has 1 saturated heterocycles. The van der Waals surface area contributed by atoms with Crippen LogP contribution in [0.4, 0.5) is 17.1 Å². The number of carbonyl (C=O) groups is 4. The van der Waals surface area contributed by atoms with Gasteiger partial charge < -0.3 is 10.1 Å². The molecule has 1 N–H and O–H groups in total. The highest BCUT2D eigenvalue weighted by molar-refractivity contribution is 6.19. The molecular formula is C20H17N3O7. The molecule has 10 heteroatoms. The molecule has 0 radical (unpaired) electrons. The number of imide groups is 1. The molecule has 0 spiro atoms. The fourth-order valence-electron chi connectivity index (χ4n) is 2.87. The number of hydrogen-bond acceptors (Lipinski definition) is 7. The molecule has 0 bridgehead atoms. The highest BCUT2D eigenvalue weighted by Crippen LogP contribution is 2.24. The van der Waals surface area contributed by atoms with Gasteiger partial charge in [0.25, 0.3) is 11.6 Å². The van der Waals surface area contributed by atoms with Crippen molar-refractivity contribution in [3.8, 4) is 0 Å². The van der Waals surface area contributed by atoms with Crippen LogP contribution >= 0.6 is 0 Å². The van der Waals surface area contributed by atoms with E-state index in [-0.39, 0.29) is 41.6 Å². The molecular weight excluding hydrogens is 394 g/mol. The zero-order valence-corrected chi connectivity index (χ0v) is 15.9. The van der Waals surface area contributed by atoms with E-state index in [1.807, 2.05) is 0 Å². The minimum atomic E-state index is -1.22. The quantitative estimate of drug-likeness (QED) is 0.334. The number of nitrogens with one attached hydrogen (secondary N) is 1. The lowest BCUT2D eigenvalue weighted by atomic mass is 10.2. The van der Waals surface area contributed by atoms with Crippen LogP contribution in [-0.4, -0.2) is 34.7 Å². The van der Waals surface area contributed by atoms with Crippen molar-refractivity contribution in [2.75, 3.05) is 10.2 Å². The highest BCUT2D eigenvalue weighted by atomic mass is 16.6. The molecule has 1 atom stereocenters. The van der Waals surface area contributed by atoms with E-state index in [2.05, 4.69) is 5.32 Å². The lowest BCUT2D eigenvalue weighted by Gasteiger charge is -2.15. The summed E-state index contributed by atoms with van der Waals surface area (Å²) in [4.78, 5) is 59.5. The summed E-state index contributed by atoms with van der Waals surface area (Å²) in [5.74, 6) is -2.15. The Labute approximate surface area is 170 Å². The molecule has 2 aromatic rings. The van der Waals surface area contributed by atoms with Gasteiger partial charge in [-0.25, -0.2) is 4.79 Å². The first-order valence-corrected chi connectivity index (χ1v) is 8.99. The Morgan fingerprint density at radius 2 is 1.67 bits per heavy atom. The summed E-state index contributed by atoms with van der Waals surface area (Å²) >= 11 is 0. The molecule has 3 rings (SSSR count). The van der Waals surface area contributed by atoms with Crippen molar-refractivity contribution in [3.05, 3.63) is 64.2 Å². The van der Waals surface area contributed by atoms with Crippen LogP contribution in [0.25, 0.3) is 0 Å². The number of hydrogen-bond donors (Lipinski definition) is 1. The Hall–Kier alpha value is -4.08. The Bertz CT molecular complexity index is 1020. The second kappa shape index (κ2) is 8.52. The molecule has 1 aliphatic heterocycles. The molecule has 3 amide bonds. The predicted octanol–water partition coefficient (Wildman–Crippen LogP) is 2.43. The standard InChI is InChI=1S/C20H17N3O7/c1-12(19(26)21-15-4-2-3-5-16(15)23(28)29)30-20(27)13-6-8-14(9-7-13)22-17(24)10-11-18(22)25/h2-9,12H,10-11H2,1H3,(H,21,26)/t12-/m0/s1. The van der Waals surface area contributed by atoms with Gasteiger partial charge in [-0.05, 0) is 37.3 Å². The maximum absolute atomic E-state index is 12.3. The van der Waals surface area contributed by atoms with E-state index in [0.29, 0.717) is 5.69 Å². The third-order valence-electron chi connectivity index (χ3n) is 4.42. The Balaban J connectivity index is 1.64. The first kappa shape index (κ1) is 20.6. The number of nitro benzene ring substituents is 1. The lowest BCUT2D eigenvalue weighted by Crippen LogP contribution is -2.30. The summed E-state index contributed by atoms with van der Waals surface area (Å²) in [6, 6.07) is 11.2. The van der Waals surface area contributed by atoms with Crippen LogP contribution in [0.15, 0.2) is 48.5 Å². The minimum absolute atomic E-state index is 0.0142. The molecule has 0 aliphatic carbocycles. The Morgan fingerprint density at radius 3 is 2.27 bits per heavy atom. The molecule has 0 saturated carbocycles. The normalized spacial score (nSPS) is 14.4. The topological polar surface area (TPSA) is 136 Å². The van der Waals surface area contributed by atoms with Gasteiger partial charge in [-0.3, -0.25) is 29.4 Å². The van der Waals surface area contributed by atoms with Gasteiger partial charge in [0.15, 0.2) is 6.10 Å². The van der Waals surface area contributed by atoms with Crippen LogP contribution < -0.4 is 10.2 Å². The number of esters is 1. The van der Waals surface area contributed by atoms with Crippen LogP contribution in [0.5, 0.6) is 0 Å². The predicted molar refractivity (Wildman–Crippen MR) is 105 cm³/mol. The van der Waals surface area contributed by atoms with Crippen LogP contribution in [0.3, 0.4) is 0 Å². The fourth-order valence-corrected chi connectivity index (χ4v) is 2.87. The molecule has 30 heavy (non-hydrogen) atoms. The average Bonchev–Trinajstić information content (AvgIpc) is 3.06. The van der Waals surface area contributed by atoms with Crippen molar-refractivity contribution in [1.82, 2.24) is 0 Å². The van der Waals surface area contributed by atoms with Crippen molar-refractivity contribution in [2.24, 2.45) is 0 Å². The van der Waals surface area contributed by atoms with Crippen LogP contribution in [0.1, 0.15) is 30.1 Å². The number of nitrogens with zero attached hydrogens (tertiary/aromatic N) is 2. The number of amides is 3. The van der Waals surface area contributed by atoms with E-state index in [0.717, 1.165) is 4.90 Å². The van der Waals surface area contributed by atoms with E-state index in [1.54, 1.807) is 0 Å². The summed E-state index contributed by atoms with van der Waals surface area (Å²) in [7, 11) is 0. The van der Waals surface area contributed by atoms with Crippen molar-refractivity contribution in [2.45, 2.75) is 25.9 Å². The zero-order chi connectivity index (χ0) is 21.8. The van der Waals surface area contributed by atoms with Crippen molar-refractivity contribution in [1.29, 1.82) is 0 Å². The summed E-state index contributed by atoms with van der Waals surface area (Å²) in [6.45, 7) is 1.33. The number of anilines is 2. The maximum Gasteiger partial charge on any atom is 0.338 e. The number of ether oxygens (including phenoxy) is 1. The first-order chi connectivity index (χ1) is 14.3. The third-order valence-corrected chi connectivity index (χ3v) is 4.42. The summed E-state index contributed by atoms with van der Waals surface area (Å²) < 4.78 is 5.11. The van der Waals surface area contributed by atoms with E-state index >= 15 is 0 Å². The lowest BCUT2D eigenvalue weighted by molar-refractivity contribution is -0.383. The number of para-hydroxylation sites is 2. The Morgan fingerprint density at radius 1 is 1.07 bits per heavy atom. The second-order valence-electron chi connectivity index (χ2n) is 6.48. The summed E-state index contributed by atoms with van der Waals surface area (Å²) in [5.41, 5.74) is 0.162. The second-order valence-corrected chi connectivity index (χ2v) is 6.48. The van der Waals surface area contributed by atoms with Gasteiger partial charge in [-0.15, -0.1) is 0 Å². The van der Waals surface area contributed by atoms with E-state index < -0.39 is 22.9 Å². The first-order valence-electron chi connectivity index (χ1n) is 8.99. The van der Waals surface area contributed by atoms with Gasteiger partial charge in [0, 0.05) is 18.9 Å². The van der Waals surface area contributed by atoms with Crippen molar-refractivity contribution < 1.29 is 28.8 Å². The van der Waals surface area contributed by atoms with E-state index in [4.69, 9.17) is 4.74 Å². The van der Waals surface area contributed by atoms with Gasteiger partial charge in [-0.2, -0.15) is 0 Å². The van der Waals surface area contributed by atoms with Crippen LogP contribution in [-0.2, 0) is 19.1 Å². The fraction of sp³-hybridized carbons (Fsp3) is 0.200. The minimum Gasteiger partial charge on any atom is -0.449 e. The summed E-state index contributed by atoms with van der Waals surface area (Å²) in [5, 5.41) is 13.4. The monoisotopic (exact) mass is 411 g/mol. The summed E-state index contributed by atoms with van der Waals surface area (Å²) in [6.07, 6.45) is -0.928. The van der Waals surface area contributed by atoms with Crippen molar-refractivity contribution in [3.63, 3.8) is 0 Å². The van der Waals surface area contributed by atoms with Crippen molar-refractivity contribution >= 4 is 40.8 Å². The van der Waals surface area contributed by atoms with Gasteiger partial charge in [-0.1, -0.05) is 12.1 Å². The highest BCUT2D eigenvalue weighted by Gasteiger charge is 2.30.